The standard InChI is InChI=1S/C20H33N3O3S/c1-3-4-14-22(2)27(25,26)19-12-10-18(11-13-19)21-20(24)17-23-15-8-6-5-7-9-16-23/h10-13H,3-9,14-17H2,1-2H3,(H,21,24)/p+1. The fraction of sp³-hybridized carbons (Fsp3) is 0.650. The van der Waals surface area contributed by atoms with Crippen molar-refractivity contribution in [3.63, 3.8) is 0 Å². The van der Waals surface area contributed by atoms with Crippen molar-refractivity contribution in [3.05, 3.63) is 24.3 Å². The lowest BCUT2D eigenvalue weighted by molar-refractivity contribution is -0.892. The number of quaternary nitrogens is 1. The first-order valence-electron chi connectivity index (χ1n) is 10.1. The first-order chi connectivity index (χ1) is 12.9. The minimum atomic E-state index is -3.47. The Morgan fingerprint density at radius 1 is 1.07 bits per heavy atom. The molecule has 0 unspecified atom stereocenters. The lowest BCUT2D eigenvalue weighted by Gasteiger charge is -2.21. The maximum atomic E-state index is 12.5. The van der Waals surface area contributed by atoms with E-state index in [0.717, 1.165) is 25.9 Å². The summed E-state index contributed by atoms with van der Waals surface area (Å²) in [4.78, 5) is 13.9. The quantitative estimate of drug-likeness (QED) is 0.705. The van der Waals surface area contributed by atoms with Crippen molar-refractivity contribution < 1.29 is 18.1 Å². The Morgan fingerprint density at radius 2 is 1.67 bits per heavy atom. The number of carbonyl (C=O) groups is 1. The van der Waals surface area contributed by atoms with Gasteiger partial charge in [0.05, 0.1) is 18.0 Å². The summed E-state index contributed by atoms with van der Waals surface area (Å²) in [5.41, 5.74) is 0.640. The number of rotatable bonds is 8. The van der Waals surface area contributed by atoms with E-state index in [1.165, 1.54) is 41.3 Å². The van der Waals surface area contributed by atoms with Crippen LogP contribution in [0.2, 0.25) is 0 Å². The van der Waals surface area contributed by atoms with Gasteiger partial charge in [0.25, 0.3) is 5.91 Å². The van der Waals surface area contributed by atoms with E-state index in [-0.39, 0.29) is 10.8 Å². The average Bonchev–Trinajstić information content (AvgIpc) is 2.62. The van der Waals surface area contributed by atoms with E-state index in [4.69, 9.17) is 0 Å². The van der Waals surface area contributed by atoms with Gasteiger partial charge in [0.1, 0.15) is 0 Å². The zero-order valence-electron chi connectivity index (χ0n) is 16.7. The highest BCUT2D eigenvalue weighted by molar-refractivity contribution is 7.89. The summed E-state index contributed by atoms with van der Waals surface area (Å²) in [6.45, 7) is 5.12. The molecule has 1 aromatic carbocycles. The molecule has 7 heteroatoms. The molecule has 6 nitrogen and oxygen atoms in total. The molecule has 2 N–H and O–H groups in total. The van der Waals surface area contributed by atoms with Gasteiger partial charge >= 0.3 is 0 Å². The highest BCUT2D eigenvalue weighted by atomic mass is 32.2. The number of benzene rings is 1. The Labute approximate surface area is 164 Å². The first-order valence-corrected chi connectivity index (χ1v) is 11.6. The predicted molar refractivity (Wildman–Crippen MR) is 108 cm³/mol. The summed E-state index contributed by atoms with van der Waals surface area (Å²) >= 11 is 0. The normalized spacial score (nSPS) is 16.7. The largest absolute Gasteiger partial charge is 0.327 e. The van der Waals surface area contributed by atoms with Crippen LogP contribution in [0.15, 0.2) is 29.2 Å². The molecule has 0 aromatic heterocycles. The van der Waals surface area contributed by atoms with Gasteiger partial charge in [-0.1, -0.05) is 19.8 Å². The van der Waals surface area contributed by atoms with Crippen LogP contribution < -0.4 is 10.2 Å². The maximum absolute atomic E-state index is 12.5. The maximum Gasteiger partial charge on any atom is 0.279 e. The fourth-order valence-electron chi connectivity index (χ4n) is 3.41. The molecular formula is C20H34N3O3S+. The number of amides is 1. The van der Waals surface area contributed by atoms with Crippen LogP contribution in [0.3, 0.4) is 0 Å². The Balaban J connectivity index is 1.91. The van der Waals surface area contributed by atoms with Crippen molar-refractivity contribution in [1.82, 2.24) is 4.31 Å². The number of likely N-dealkylation sites (tertiary alicyclic amines) is 1. The van der Waals surface area contributed by atoms with Gasteiger partial charge in [0.15, 0.2) is 6.54 Å². The Kier molecular flexibility index (Phi) is 8.73. The van der Waals surface area contributed by atoms with Gasteiger partial charge in [-0.15, -0.1) is 0 Å². The number of carbonyl (C=O) groups excluding carboxylic acids is 1. The molecule has 0 aliphatic carbocycles. The van der Waals surface area contributed by atoms with Crippen LogP contribution in [0.4, 0.5) is 5.69 Å². The first kappa shape index (κ1) is 21.9. The van der Waals surface area contributed by atoms with Gasteiger partial charge in [-0.05, 0) is 56.4 Å². The lowest BCUT2D eigenvalue weighted by Crippen LogP contribution is -3.13. The zero-order valence-corrected chi connectivity index (χ0v) is 17.5. The molecule has 0 saturated carbocycles. The highest BCUT2D eigenvalue weighted by Crippen LogP contribution is 2.17. The second kappa shape index (κ2) is 10.8. The van der Waals surface area contributed by atoms with Gasteiger partial charge in [-0.25, -0.2) is 12.7 Å². The summed E-state index contributed by atoms with van der Waals surface area (Å²) in [6.07, 6.45) is 7.97. The van der Waals surface area contributed by atoms with Gasteiger partial charge in [0, 0.05) is 19.3 Å². The molecule has 2 rings (SSSR count). The van der Waals surface area contributed by atoms with Crippen LogP contribution in [0.25, 0.3) is 0 Å². The third kappa shape index (κ3) is 6.90. The average molecular weight is 397 g/mol. The number of nitrogens with zero attached hydrogens (tertiary/aromatic N) is 1. The molecule has 1 saturated heterocycles. The molecule has 1 aliphatic heterocycles. The SMILES string of the molecule is CCCCN(C)S(=O)(=O)c1ccc(NC(=O)C[NH+]2CCCCCCC2)cc1. The van der Waals surface area contributed by atoms with Crippen molar-refractivity contribution in [2.75, 3.05) is 38.5 Å². The third-order valence-electron chi connectivity index (χ3n) is 5.14. The second-order valence-electron chi connectivity index (χ2n) is 7.45. The number of unbranched alkanes of at least 4 members (excludes halogenated alkanes) is 1. The molecule has 1 aromatic rings. The number of sulfonamides is 1. The van der Waals surface area contributed by atoms with Crippen LogP contribution in [0.1, 0.15) is 51.9 Å². The number of hydrogen-bond acceptors (Lipinski definition) is 3. The Morgan fingerprint density at radius 3 is 2.26 bits per heavy atom. The monoisotopic (exact) mass is 396 g/mol. The van der Waals surface area contributed by atoms with Gasteiger partial charge in [0.2, 0.25) is 10.0 Å². The summed E-state index contributed by atoms with van der Waals surface area (Å²) in [5, 5.41) is 2.90. The van der Waals surface area contributed by atoms with Crippen molar-refractivity contribution >= 4 is 21.6 Å². The zero-order chi connectivity index (χ0) is 19.7. The third-order valence-corrected chi connectivity index (χ3v) is 7.02. The molecule has 0 spiro atoms. The van der Waals surface area contributed by atoms with Crippen molar-refractivity contribution in [1.29, 1.82) is 0 Å². The summed E-state index contributed by atoms with van der Waals surface area (Å²) < 4.78 is 26.4. The Bertz CT molecular complexity index is 681. The van der Waals surface area contributed by atoms with Crippen LogP contribution in [0.5, 0.6) is 0 Å². The molecule has 1 aliphatic rings. The molecule has 0 bridgehead atoms. The van der Waals surface area contributed by atoms with Crippen LogP contribution in [-0.2, 0) is 14.8 Å². The summed E-state index contributed by atoms with van der Waals surface area (Å²) in [6, 6.07) is 6.47. The minimum absolute atomic E-state index is 0.0127. The predicted octanol–water partition coefficient (Wildman–Crippen LogP) is 1.89. The van der Waals surface area contributed by atoms with Gasteiger partial charge in [-0.3, -0.25) is 4.79 Å². The number of anilines is 1. The summed E-state index contributed by atoms with van der Waals surface area (Å²) in [7, 11) is -1.87. The number of hydrogen-bond donors (Lipinski definition) is 2. The molecule has 0 radical (unpaired) electrons. The molecular weight excluding hydrogens is 362 g/mol. The molecule has 1 fully saturated rings. The summed E-state index contributed by atoms with van der Waals surface area (Å²) in [5.74, 6) is -0.0127. The van der Waals surface area contributed by atoms with Gasteiger partial charge in [-0.2, -0.15) is 0 Å². The highest BCUT2D eigenvalue weighted by Gasteiger charge is 2.20. The molecule has 152 valence electrons. The van der Waals surface area contributed by atoms with E-state index < -0.39 is 10.0 Å². The fourth-order valence-corrected chi connectivity index (χ4v) is 4.61. The molecule has 0 atom stereocenters. The smallest absolute Gasteiger partial charge is 0.279 e. The minimum Gasteiger partial charge on any atom is -0.327 e. The van der Waals surface area contributed by atoms with Crippen molar-refractivity contribution in [2.24, 2.45) is 0 Å². The van der Waals surface area contributed by atoms with Crippen molar-refractivity contribution in [2.45, 2.75) is 56.8 Å². The van der Waals surface area contributed by atoms with E-state index in [9.17, 15) is 13.2 Å². The molecule has 1 amide bonds. The van der Waals surface area contributed by atoms with Crippen LogP contribution in [-0.4, -0.2) is 51.9 Å². The van der Waals surface area contributed by atoms with E-state index in [0.29, 0.717) is 18.8 Å². The molecule has 27 heavy (non-hydrogen) atoms. The van der Waals surface area contributed by atoms with E-state index >= 15 is 0 Å². The van der Waals surface area contributed by atoms with E-state index in [1.807, 2.05) is 6.92 Å². The Hall–Kier alpha value is -1.44. The van der Waals surface area contributed by atoms with Crippen LogP contribution >= 0.6 is 0 Å². The van der Waals surface area contributed by atoms with Crippen LogP contribution in [0, 0.1) is 0 Å². The van der Waals surface area contributed by atoms with E-state index in [1.54, 1.807) is 31.3 Å². The topological polar surface area (TPSA) is 70.9 Å². The molecule has 1 heterocycles. The lowest BCUT2D eigenvalue weighted by atomic mass is 10.1. The number of nitrogens with one attached hydrogen (secondary N) is 2. The second-order valence-corrected chi connectivity index (χ2v) is 9.49. The van der Waals surface area contributed by atoms with Crippen molar-refractivity contribution in [3.8, 4) is 0 Å². The van der Waals surface area contributed by atoms with Gasteiger partial charge < -0.3 is 10.2 Å². The van der Waals surface area contributed by atoms with E-state index in [2.05, 4.69) is 5.32 Å².